The van der Waals surface area contributed by atoms with Gasteiger partial charge in [-0.25, -0.2) is 0 Å². The van der Waals surface area contributed by atoms with E-state index in [0.717, 1.165) is 23.2 Å². The Morgan fingerprint density at radius 1 is 1.19 bits per heavy atom. The van der Waals surface area contributed by atoms with Crippen LogP contribution >= 0.6 is 0 Å². The van der Waals surface area contributed by atoms with Crippen molar-refractivity contribution in [2.24, 2.45) is 0 Å². The number of pyridine rings is 1. The molecule has 0 aliphatic carbocycles. The van der Waals surface area contributed by atoms with E-state index >= 15 is 0 Å². The van der Waals surface area contributed by atoms with Crippen LogP contribution in [0.1, 0.15) is 28.5 Å². The van der Waals surface area contributed by atoms with Gasteiger partial charge in [-0.3, -0.25) is 9.78 Å². The van der Waals surface area contributed by atoms with E-state index in [4.69, 9.17) is 0 Å². The first kappa shape index (κ1) is 10.6. The Balaban J connectivity index is 2.22. The number of carbonyl (C=O) groups is 1. The summed E-state index contributed by atoms with van der Waals surface area (Å²) in [6, 6.07) is 13.5. The van der Waals surface area contributed by atoms with Gasteiger partial charge in [0.05, 0.1) is 0 Å². The van der Waals surface area contributed by atoms with Gasteiger partial charge in [0, 0.05) is 23.9 Å². The highest BCUT2D eigenvalue weighted by Gasteiger charge is 2.01. The standard InChI is InChI=1S/C14H13NO/c1-11(16)13-6-4-5-12(9-13)10-14-7-2-3-8-15-14/h2-9H,10H2,1H3. The topological polar surface area (TPSA) is 30.0 Å². The van der Waals surface area contributed by atoms with Crippen molar-refractivity contribution >= 4 is 5.78 Å². The maximum absolute atomic E-state index is 11.2. The predicted molar refractivity (Wildman–Crippen MR) is 63.5 cm³/mol. The Morgan fingerprint density at radius 3 is 2.75 bits per heavy atom. The molecule has 2 heteroatoms. The van der Waals surface area contributed by atoms with Gasteiger partial charge < -0.3 is 0 Å². The van der Waals surface area contributed by atoms with Crippen LogP contribution in [0.25, 0.3) is 0 Å². The Labute approximate surface area is 95.0 Å². The molecule has 1 heterocycles. The summed E-state index contributed by atoms with van der Waals surface area (Å²) in [5, 5.41) is 0. The van der Waals surface area contributed by atoms with Crippen LogP contribution in [-0.2, 0) is 6.42 Å². The summed E-state index contributed by atoms with van der Waals surface area (Å²) < 4.78 is 0. The maximum Gasteiger partial charge on any atom is 0.159 e. The molecule has 16 heavy (non-hydrogen) atoms. The monoisotopic (exact) mass is 211 g/mol. The molecule has 80 valence electrons. The van der Waals surface area contributed by atoms with Gasteiger partial charge in [-0.1, -0.05) is 24.3 Å². The van der Waals surface area contributed by atoms with Gasteiger partial charge in [0.25, 0.3) is 0 Å². The van der Waals surface area contributed by atoms with E-state index in [9.17, 15) is 4.79 Å². The number of nitrogens with zero attached hydrogens (tertiary/aromatic N) is 1. The summed E-state index contributed by atoms with van der Waals surface area (Å²) in [5.74, 6) is 0.0999. The molecule has 0 amide bonds. The smallest absolute Gasteiger partial charge is 0.159 e. The fourth-order valence-electron chi connectivity index (χ4n) is 1.61. The van der Waals surface area contributed by atoms with Crippen molar-refractivity contribution in [1.82, 2.24) is 4.98 Å². The summed E-state index contributed by atoms with van der Waals surface area (Å²) >= 11 is 0. The lowest BCUT2D eigenvalue weighted by atomic mass is 10.0. The van der Waals surface area contributed by atoms with Crippen LogP contribution in [0.5, 0.6) is 0 Å². The third-order valence-electron chi connectivity index (χ3n) is 2.44. The molecule has 0 N–H and O–H groups in total. The Hall–Kier alpha value is -1.96. The summed E-state index contributed by atoms with van der Waals surface area (Å²) in [6.45, 7) is 1.58. The van der Waals surface area contributed by atoms with Gasteiger partial charge >= 0.3 is 0 Å². The number of ketones is 1. The molecule has 1 aromatic heterocycles. The molecule has 0 radical (unpaired) electrons. The zero-order chi connectivity index (χ0) is 11.4. The zero-order valence-electron chi connectivity index (χ0n) is 9.18. The number of Topliss-reactive ketones (excluding diaryl/α,β-unsaturated/α-hetero) is 1. The fourth-order valence-corrected chi connectivity index (χ4v) is 1.61. The van der Waals surface area contributed by atoms with Crippen molar-refractivity contribution in [3.05, 3.63) is 65.5 Å². The first-order valence-electron chi connectivity index (χ1n) is 5.25. The van der Waals surface area contributed by atoms with Gasteiger partial charge in [0.1, 0.15) is 0 Å². The summed E-state index contributed by atoms with van der Waals surface area (Å²) in [6.07, 6.45) is 2.55. The van der Waals surface area contributed by atoms with Crippen molar-refractivity contribution in [3.63, 3.8) is 0 Å². The van der Waals surface area contributed by atoms with Gasteiger partial charge in [-0.05, 0) is 30.7 Å². The van der Waals surface area contributed by atoms with Crippen molar-refractivity contribution < 1.29 is 4.79 Å². The number of benzene rings is 1. The van der Waals surface area contributed by atoms with Crippen LogP contribution in [0.2, 0.25) is 0 Å². The van der Waals surface area contributed by atoms with E-state index in [2.05, 4.69) is 4.98 Å². The molecule has 0 saturated heterocycles. The molecular weight excluding hydrogens is 198 g/mol. The molecule has 0 saturated carbocycles. The van der Waals surface area contributed by atoms with Crippen LogP contribution in [0.15, 0.2) is 48.7 Å². The quantitative estimate of drug-likeness (QED) is 0.731. The minimum Gasteiger partial charge on any atom is -0.295 e. The van der Waals surface area contributed by atoms with Gasteiger partial charge in [-0.2, -0.15) is 0 Å². The second-order valence-corrected chi connectivity index (χ2v) is 3.75. The Kier molecular flexibility index (Phi) is 3.10. The molecule has 2 rings (SSSR count). The molecule has 2 aromatic rings. The SMILES string of the molecule is CC(=O)c1cccc(Cc2ccccn2)c1. The fraction of sp³-hybridized carbons (Fsp3) is 0.143. The Morgan fingerprint density at radius 2 is 2.06 bits per heavy atom. The molecule has 0 unspecified atom stereocenters. The number of carbonyl (C=O) groups excluding carboxylic acids is 1. The minimum atomic E-state index is 0.0999. The van der Waals surface area contributed by atoms with Crippen LogP contribution in [0, 0.1) is 0 Å². The highest BCUT2D eigenvalue weighted by atomic mass is 16.1. The van der Waals surface area contributed by atoms with Crippen molar-refractivity contribution in [1.29, 1.82) is 0 Å². The van der Waals surface area contributed by atoms with E-state index in [0.29, 0.717) is 0 Å². The average Bonchev–Trinajstić information content (AvgIpc) is 2.30. The van der Waals surface area contributed by atoms with Crippen molar-refractivity contribution in [2.45, 2.75) is 13.3 Å². The molecule has 0 fully saturated rings. The highest BCUT2D eigenvalue weighted by molar-refractivity contribution is 5.94. The highest BCUT2D eigenvalue weighted by Crippen LogP contribution is 2.10. The lowest BCUT2D eigenvalue weighted by molar-refractivity contribution is 0.101. The van der Waals surface area contributed by atoms with E-state index < -0.39 is 0 Å². The third-order valence-corrected chi connectivity index (χ3v) is 2.44. The maximum atomic E-state index is 11.2. The summed E-state index contributed by atoms with van der Waals surface area (Å²) in [4.78, 5) is 15.5. The van der Waals surface area contributed by atoms with Crippen molar-refractivity contribution in [2.75, 3.05) is 0 Å². The van der Waals surface area contributed by atoms with Gasteiger partial charge in [0.15, 0.2) is 5.78 Å². The van der Waals surface area contributed by atoms with Gasteiger partial charge in [0.2, 0.25) is 0 Å². The second-order valence-electron chi connectivity index (χ2n) is 3.75. The summed E-state index contributed by atoms with van der Waals surface area (Å²) in [7, 11) is 0. The molecular formula is C14H13NO. The van der Waals surface area contributed by atoms with E-state index in [1.54, 1.807) is 13.1 Å². The van der Waals surface area contributed by atoms with Crippen LogP contribution in [0.3, 0.4) is 0 Å². The molecule has 1 aromatic carbocycles. The lowest BCUT2D eigenvalue weighted by Gasteiger charge is -2.02. The molecule has 0 spiro atoms. The number of rotatable bonds is 3. The minimum absolute atomic E-state index is 0.0999. The molecule has 2 nitrogen and oxygen atoms in total. The zero-order valence-corrected chi connectivity index (χ0v) is 9.18. The van der Waals surface area contributed by atoms with Gasteiger partial charge in [-0.15, -0.1) is 0 Å². The van der Waals surface area contributed by atoms with Crippen LogP contribution in [-0.4, -0.2) is 10.8 Å². The first-order chi connectivity index (χ1) is 7.75. The summed E-state index contributed by atoms with van der Waals surface area (Å²) in [5.41, 5.74) is 2.89. The number of hydrogen-bond acceptors (Lipinski definition) is 2. The van der Waals surface area contributed by atoms with E-state index in [1.165, 1.54) is 0 Å². The number of aromatic nitrogens is 1. The number of hydrogen-bond donors (Lipinski definition) is 0. The molecule has 0 atom stereocenters. The predicted octanol–water partition coefficient (Wildman–Crippen LogP) is 2.88. The second kappa shape index (κ2) is 4.71. The normalized spacial score (nSPS) is 10.1. The molecule has 0 bridgehead atoms. The lowest BCUT2D eigenvalue weighted by Crippen LogP contribution is -1.95. The average molecular weight is 211 g/mol. The van der Waals surface area contributed by atoms with E-state index in [-0.39, 0.29) is 5.78 Å². The third kappa shape index (κ3) is 2.54. The first-order valence-corrected chi connectivity index (χ1v) is 5.25. The van der Waals surface area contributed by atoms with Crippen LogP contribution in [0.4, 0.5) is 0 Å². The molecule has 0 aliphatic heterocycles. The largest absolute Gasteiger partial charge is 0.295 e. The van der Waals surface area contributed by atoms with Crippen LogP contribution < -0.4 is 0 Å². The van der Waals surface area contributed by atoms with Crippen molar-refractivity contribution in [3.8, 4) is 0 Å². The molecule has 0 aliphatic rings. The van der Waals surface area contributed by atoms with E-state index in [1.807, 2.05) is 42.5 Å². The Bertz CT molecular complexity index is 491.